The molecular weight excluding hydrogens is 258 g/mol. The second-order valence-corrected chi connectivity index (χ2v) is 4.50. The van der Waals surface area contributed by atoms with Crippen molar-refractivity contribution in [1.82, 2.24) is 5.32 Å². The Labute approximate surface area is 119 Å². The number of rotatable bonds is 9. The molecule has 5 nitrogen and oxygen atoms in total. The van der Waals surface area contributed by atoms with Crippen molar-refractivity contribution in [2.75, 3.05) is 20.3 Å². The fraction of sp³-hybridized carbons (Fsp3) is 0.533. The van der Waals surface area contributed by atoms with Gasteiger partial charge >= 0.3 is 5.97 Å². The lowest BCUT2D eigenvalue weighted by Crippen LogP contribution is -2.29. The van der Waals surface area contributed by atoms with Gasteiger partial charge in [0.25, 0.3) is 0 Å². The van der Waals surface area contributed by atoms with Crippen molar-refractivity contribution in [2.45, 2.75) is 32.6 Å². The van der Waals surface area contributed by atoms with Crippen LogP contribution in [0.3, 0.4) is 0 Å². The summed E-state index contributed by atoms with van der Waals surface area (Å²) in [6, 6.07) is 7.95. The van der Waals surface area contributed by atoms with Crippen LogP contribution in [-0.2, 0) is 27.4 Å². The van der Waals surface area contributed by atoms with Crippen LogP contribution in [0.2, 0.25) is 0 Å². The molecule has 0 aliphatic heterocycles. The van der Waals surface area contributed by atoms with E-state index in [-0.39, 0.29) is 12.4 Å². The number of methoxy groups -OCH3 is 1. The molecule has 0 amide bonds. The van der Waals surface area contributed by atoms with E-state index in [9.17, 15) is 9.90 Å². The summed E-state index contributed by atoms with van der Waals surface area (Å²) in [5.41, 5.74) is 2.24. The van der Waals surface area contributed by atoms with Gasteiger partial charge in [-0.1, -0.05) is 24.3 Å². The Bertz CT molecular complexity index is 409. The van der Waals surface area contributed by atoms with Gasteiger partial charge < -0.3 is 19.9 Å². The molecule has 0 spiro atoms. The van der Waals surface area contributed by atoms with E-state index in [0.717, 1.165) is 11.1 Å². The number of carbonyl (C=O) groups excluding carboxylic acids is 1. The molecule has 1 rings (SSSR count). The standard InChI is InChI=1S/C15H23NO4/c1-3-20-15(18)8-14(17)10-16-9-12-6-4-5-7-13(12)11-19-2/h4-7,14,16-17H,3,8-11H2,1-2H3. The second-order valence-electron chi connectivity index (χ2n) is 4.50. The molecular formula is C15H23NO4. The SMILES string of the molecule is CCOC(=O)CC(O)CNCc1ccccc1COC. The van der Waals surface area contributed by atoms with E-state index in [4.69, 9.17) is 9.47 Å². The van der Waals surface area contributed by atoms with Crippen LogP contribution in [-0.4, -0.2) is 37.4 Å². The summed E-state index contributed by atoms with van der Waals surface area (Å²) in [7, 11) is 1.66. The zero-order chi connectivity index (χ0) is 14.8. The summed E-state index contributed by atoms with van der Waals surface area (Å²) in [6.45, 7) is 3.61. The van der Waals surface area contributed by atoms with Gasteiger partial charge in [0.1, 0.15) is 0 Å². The Morgan fingerprint density at radius 2 is 2.05 bits per heavy atom. The molecule has 0 heterocycles. The number of aliphatic hydroxyl groups excluding tert-OH is 1. The molecule has 2 N–H and O–H groups in total. The van der Waals surface area contributed by atoms with Crippen molar-refractivity contribution in [3.8, 4) is 0 Å². The lowest BCUT2D eigenvalue weighted by molar-refractivity contribution is -0.145. The number of aliphatic hydroxyl groups is 1. The van der Waals surface area contributed by atoms with Gasteiger partial charge in [-0.25, -0.2) is 0 Å². The largest absolute Gasteiger partial charge is 0.466 e. The van der Waals surface area contributed by atoms with Gasteiger partial charge in [-0.15, -0.1) is 0 Å². The molecule has 0 saturated carbocycles. The molecule has 0 aliphatic rings. The third-order valence-corrected chi connectivity index (χ3v) is 2.82. The average molecular weight is 281 g/mol. The molecule has 5 heteroatoms. The number of hydrogen-bond acceptors (Lipinski definition) is 5. The van der Waals surface area contributed by atoms with Crippen molar-refractivity contribution in [1.29, 1.82) is 0 Å². The minimum absolute atomic E-state index is 0.0144. The first-order valence-corrected chi connectivity index (χ1v) is 6.77. The highest BCUT2D eigenvalue weighted by molar-refractivity contribution is 5.69. The maximum absolute atomic E-state index is 11.2. The van der Waals surface area contributed by atoms with Crippen molar-refractivity contribution in [3.05, 3.63) is 35.4 Å². The number of esters is 1. The van der Waals surface area contributed by atoms with E-state index in [1.54, 1.807) is 14.0 Å². The first kappa shape index (κ1) is 16.6. The molecule has 1 aromatic carbocycles. The summed E-state index contributed by atoms with van der Waals surface area (Å²) in [6.07, 6.45) is -0.718. The monoisotopic (exact) mass is 281 g/mol. The lowest BCUT2D eigenvalue weighted by atomic mass is 10.1. The Morgan fingerprint density at radius 3 is 2.70 bits per heavy atom. The molecule has 1 unspecified atom stereocenters. The van der Waals surface area contributed by atoms with Crippen LogP contribution in [0.15, 0.2) is 24.3 Å². The molecule has 0 saturated heterocycles. The third-order valence-electron chi connectivity index (χ3n) is 2.82. The summed E-state index contributed by atoms with van der Waals surface area (Å²) >= 11 is 0. The first-order valence-electron chi connectivity index (χ1n) is 6.77. The van der Waals surface area contributed by atoms with Crippen molar-refractivity contribution >= 4 is 5.97 Å². The quantitative estimate of drug-likeness (QED) is 0.667. The highest BCUT2D eigenvalue weighted by atomic mass is 16.5. The van der Waals surface area contributed by atoms with E-state index in [1.165, 1.54) is 0 Å². The lowest BCUT2D eigenvalue weighted by Gasteiger charge is -2.13. The minimum Gasteiger partial charge on any atom is -0.466 e. The predicted molar refractivity (Wildman–Crippen MR) is 76.1 cm³/mol. The van der Waals surface area contributed by atoms with Gasteiger partial charge in [-0.3, -0.25) is 4.79 Å². The van der Waals surface area contributed by atoms with E-state index in [2.05, 4.69) is 5.32 Å². The normalized spacial score (nSPS) is 12.2. The maximum Gasteiger partial charge on any atom is 0.308 e. The molecule has 1 aromatic rings. The van der Waals surface area contributed by atoms with E-state index in [1.807, 2.05) is 24.3 Å². The second kappa shape index (κ2) is 9.47. The van der Waals surface area contributed by atoms with E-state index in [0.29, 0.717) is 26.3 Å². The maximum atomic E-state index is 11.2. The summed E-state index contributed by atoms with van der Waals surface area (Å²) in [4.78, 5) is 11.2. The van der Waals surface area contributed by atoms with Crippen molar-refractivity contribution < 1.29 is 19.4 Å². The molecule has 0 aromatic heterocycles. The fourth-order valence-corrected chi connectivity index (χ4v) is 1.88. The van der Waals surface area contributed by atoms with Crippen LogP contribution >= 0.6 is 0 Å². The summed E-state index contributed by atoms with van der Waals surface area (Å²) < 4.78 is 9.92. The molecule has 1 atom stereocenters. The highest BCUT2D eigenvalue weighted by Crippen LogP contribution is 2.09. The van der Waals surface area contributed by atoms with Gasteiger partial charge in [0.15, 0.2) is 0 Å². The topological polar surface area (TPSA) is 67.8 Å². The number of nitrogens with one attached hydrogen (secondary N) is 1. The highest BCUT2D eigenvalue weighted by Gasteiger charge is 2.11. The summed E-state index contributed by atoms with van der Waals surface area (Å²) in [5, 5.41) is 12.8. The smallest absolute Gasteiger partial charge is 0.308 e. The fourth-order valence-electron chi connectivity index (χ4n) is 1.88. The Balaban J connectivity index is 2.35. The zero-order valence-corrected chi connectivity index (χ0v) is 12.1. The number of carbonyl (C=O) groups is 1. The van der Waals surface area contributed by atoms with Crippen LogP contribution in [0.25, 0.3) is 0 Å². The predicted octanol–water partition coefficient (Wildman–Crippen LogP) is 1.24. The Kier molecular flexibility index (Phi) is 7.87. The number of ether oxygens (including phenoxy) is 2. The Hall–Kier alpha value is -1.43. The molecule has 0 radical (unpaired) electrons. The van der Waals surface area contributed by atoms with Crippen LogP contribution in [0.1, 0.15) is 24.5 Å². The van der Waals surface area contributed by atoms with Crippen molar-refractivity contribution in [3.63, 3.8) is 0 Å². The molecule has 0 aliphatic carbocycles. The van der Waals surface area contributed by atoms with E-state index < -0.39 is 6.10 Å². The third kappa shape index (κ3) is 6.14. The van der Waals surface area contributed by atoms with Gasteiger partial charge in [0.05, 0.1) is 25.7 Å². The van der Waals surface area contributed by atoms with Crippen molar-refractivity contribution in [2.24, 2.45) is 0 Å². The van der Waals surface area contributed by atoms with E-state index >= 15 is 0 Å². The Morgan fingerprint density at radius 1 is 1.35 bits per heavy atom. The molecule has 0 bridgehead atoms. The molecule has 0 fully saturated rings. The first-order chi connectivity index (χ1) is 9.67. The van der Waals surface area contributed by atoms with Gasteiger partial charge in [-0.05, 0) is 18.1 Å². The zero-order valence-electron chi connectivity index (χ0n) is 12.1. The van der Waals surface area contributed by atoms with Gasteiger partial charge in [0.2, 0.25) is 0 Å². The van der Waals surface area contributed by atoms with Crippen LogP contribution < -0.4 is 5.32 Å². The van der Waals surface area contributed by atoms with Gasteiger partial charge in [-0.2, -0.15) is 0 Å². The minimum atomic E-state index is -0.733. The molecule has 20 heavy (non-hydrogen) atoms. The van der Waals surface area contributed by atoms with Crippen LogP contribution in [0.5, 0.6) is 0 Å². The van der Waals surface area contributed by atoms with Crippen LogP contribution in [0, 0.1) is 0 Å². The number of benzene rings is 1. The van der Waals surface area contributed by atoms with Gasteiger partial charge in [0, 0.05) is 20.2 Å². The number of hydrogen-bond donors (Lipinski definition) is 2. The molecule has 112 valence electrons. The summed E-state index contributed by atoms with van der Waals surface area (Å²) in [5.74, 6) is -0.374. The van der Waals surface area contributed by atoms with Crippen LogP contribution in [0.4, 0.5) is 0 Å². The average Bonchev–Trinajstić information content (AvgIpc) is 2.41.